The molecule has 2 unspecified atom stereocenters. The number of amidine groups is 1. The van der Waals surface area contributed by atoms with E-state index in [4.69, 9.17) is 11.6 Å². The van der Waals surface area contributed by atoms with Crippen molar-refractivity contribution in [3.05, 3.63) is 58.6 Å². The molecule has 3 rings (SSSR count). The highest BCUT2D eigenvalue weighted by Crippen LogP contribution is 2.34. The van der Waals surface area contributed by atoms with Crippen molar-refractivity contribution in [2.45, 2.75) is 45.4 Å². The van der Waals surface area contributed by atoms with Crippen LogP contribution in [0, 0.1) is 13.8 Å². The van der Waals surface area contributed by atoms with Gasteiger partial charge in [-0.3, -0.25) is 19.3 Å². The van der Waals surface area contributed by atoms with Crippen molar-refractivity contribution in [2.75, 3.05) is 11.9 Å². The van der Waals surface area contributed by atoms with E-state index in [1.807, 2.05) is 39.0 Å². The van der Waals surface area contributed by atoms with Crippen LogP contribution >= 0.6 is 23.4 Å². The van der Waals surface area contributed by atoms with E-state index < -0.39 is 11.3 Å². The molecule has 33 heavy (non-hydrogen) atoms. The van der Waals surface area contributed by atoms with Gasteiger partial charge >= 0.3 is 0 Å². The maximum atomic E-state index is 13.3. The van der Waals surface area contributed by atoms with Gasteiger partial charge in [-0.1, -0.05) is 35.5 Å². The van der Waals surface area contributed by atoms with Crippen LogP contribution in [0.1, 0.15) is 31.4 Å². The summed E-state index contributed by atoms with van der Waals surface area (Å²) in [6, 6.07) is 11.8. The van der Waals surface area contributed by atoms with Gasteiger partial charge in [0, 0.05) is 23.7 Å². The lowest BCUT2D eigenvalue weighted by atomic mass is 10.1. The number of aliphatic imine (C=N–C) groups is 1. The summed E-state index contributed by atoms with van der Waals surface area (Å²) < 4.78 is 0. The number of hydrogen-bond donors (Lipinski definition) is 2. The second-order valence-electron chi connectivity index (χ2n) is 7.81. The molecule has 2 atom stereocenters. The molecule has 1 heterocycles. The Hall–Kier alpha value is -2.84. The molecule has 0 spiro atoms. The number of likely N-dealkylation sites (N-methyl/N-ethyl adjacent to an activating group) is 1. The summed E-state index contributed by atoms with van der Waals surface area (Å²) in [7, 11) is 0. The summed E-state index contributed by atoms with van der Waals surface area (Å²) in [4.78, 5) is 44.5. The number of nitrogens with zero attached hydrogens (tertiary/aromatic N) is 2. The number of anilines is 1. The molecule has 0 bridgehead atoms. The Kier molecular flexibility index (Phi) is 8.15. The van der Waals surface area contributed by atoms with E-state index in [9.17, 15) is 14.4 Å². The van der Waals surface area contributed by atoms with Gasteiger partial charge in [-0.2, -0.15) is 0 Å². The van der Waals surface area contributed by atoms with Crippen LogP contribution < -0.4 is 10.6 Å². The number of rotatable bonds is 7. The molecule has 2 N–H and O–H groups in total. The van der Waals surface area contributed by atoms with E-state index in [0.717, 1.165) is 11.1 Å². The molecular formula is C24H27ClN4O3S. The fourth-order valence-corrected chi connectivity index (χ4v) is 4.75. The van der Waals surface area contributed by atoms with Crippen LogP contribution in [0.15, 0.2) is 47.5 Å². The van der Waals surface area contributed by atoms with Gasteiger partial charge in [-0.05, 0) is 69.2 Å². The van der Waals surface area contributed by atoms with E-state index in [-0.39, 0.29) is 24.1 Å². The zero-order valence-electron chi connectivity index (χ0n) is 19.0. The predicted octanol–water partition coefficient (Wildman–Crippen LogP) is 4.44. The Morgan fingerprint density at radius 1 is 1.18 bits per heavy atom. The van der Waals surface area contributed by atoms with Gasteiger partial charge in [-0.15, -0.1) is 0 Å². The van der Waals surface area contributed by atoms with Crippen LogP contribution in [0.3, 0.4) is 0 Å². The average Bonchev–Trinajstić information content (AvgIpc) is 3.04. The minimum absolute atomic E-state index is 0.0550. The van der Waals surface area contributed by atoms with E-state index in [2.05, 4.69) is 15.6 Å². The van der Waals surface area contributed by atoms with E-state index >= 15 is 0 Å². The third kappa shape index (κ3) is 6.15. The van der Waals surface area contributed by atoms with Gasteiger partial charge in [0.1, 0.15) is 11.3 Å². The number of benzene rings is 2. The predicted molar refractivity (Wildman–Crippen MR) is 134 cm³/mol. The summed E-state index contributed by atoms with van der Waals surface area (Å²) in [5, 5.41) is 5.74. The molecule has 3 amide bonds. The van der Waals surface area contributed by atoms with Crippen molar-refractivity contribution in [2.24, 2.45) is 4.99 Å². The van der Waals surface area contributed by atoms with Crippen LogP contribution in [0.4, 0.5) is 11.4 Å². The van der Waals surface area contributed by atoms with Crippen LogP contribution in [0.25, 0.3) is 0 Å². The Morgan fingerprint density at radius 2 is 1.94 bits per heavy atom. The molecule has 2 aromatic rings. The van der Waals surface area contributed by atoms with Crippen molar-refractivity contribution in [3.63, 3.8) is 0 Å². The van der Waals surface area contributed by atoms with Gasteiger partial charge in [-0.25, -0.2) is 4.99 Å². The quantitative estimate of drug-likeness (QED) is 0.605. The summed E-state index contributed by atoms with van der Waals surface area (Å²) in [6.07, 6.45) is -0.0550. The number of aryl methyl sites for hydroxylation is 2. The van der Waals surface area contributed by atoms with Crippen LogP contribution in [-0.2, 0) is 14.4 Å². The minimum Gasteiger partial charge on any atom is -0.355 e. The smallest absolute Gasteiger partial charge is 0.243 e. The fraction of sp³-hybridized carbons (Fsp3) is 0.333. The normalized spacial score (nSPS) is 17.8. The van der Waals surface area contributed by atoms with Gasteiger partial charge in [0.15, 0.2) is 5.17 Å². The first-order valence-corrected chi connectivity index (χ1v) is 11.9. The molecule has 7 nitrogen and oxygen atoms in total. The van der Waals surface area contributed by atoms with E-state index in [1.54, 1.807) is 31.2 Å². The second-order valence-corrected chi connectivity index (χ2v) is 9.42. The minimum atomic E-state index is -0.753. The first kappa shape index (κ1) is 24.8. The summed E-state index contributed by atoms with van der Waals surface area (Å²) in [6.45, 7) is 7.93. The zero-order valence-corrected chi connectivity index (χ0v) is 20.6. The lowest BCUT2D eigenvalue weighted by molar-refractivity contribution is -0.135. The second kappa shape index (κ2) is 10.9. The third-order valence-electron chi connectivity index (χ3n) is 5.28. The van der Waals surface area contributed by atoms with Gasteiger partial charge in [0.25, 0.3) is 0 Å². The van der Waals surface area contributed by atoms with Crippen LogP contribution in [0.5, 0.6) is 0 Å². The topological polar surface area (TPSA) is 90.9 Å². The Bertz CT molecular complexity index is 1100. The van der Waals surface area contributed by atoms with Crippen molar-refractivity contribution in [1.82, 2.24) is 10.2 Å². The molecule has 2 aromatic carbocycles. The molecular weight excluding hydrogens is 460 g/mol. The third-order valence-corrected chi connectivity index (χ3v) is 6.67. The molecule has 0 radical (unpaired) electrons. The molecule has 174 valence electrons. The highest BCUT2D eigenvalue weighted by atomic mass is 35.5. The first-order valence-electron chi connectivity index (χ1n) is 10.7. The molecule has 1 aliphatic rings. The van der Waals surface area contributed by atoms with E-state index in [1.165, 1.54) is 16.7 Å². The van der Waals surface area contributed by atoms with Crippen molar-refractivity contribution in [3.8, 4) is 0 Å². The number of carbonyl (C=O) groups is 3. The molecule has 0 aliphatic carbocycles. The lowest BCUT2D eigenvalue weighted by Gasteiger charge is -2.23. The zero-order chi connectivity index (χ0) is 24.1. The van der Waals surface area contributed by atoms with Crippen LogP contribution in [-0.4, -0.2) is 45.6 Å². The van der Waals surface area contributed by atoms with Gasteiger partial charge in [0.2, 0.25) is 17.7 Å². The monoisotopic (exact) mass is 486 g/mol. The molecule has 1 aliphatic heterocycles. The summed E-state index contributed by atoms with van der Waals surface area (Å²) in [5.41, 5.74) is 3.45. The highest BCUT2D eigenvalue weighted by molar-refractivity contribution is 8.15. The van der Waals surface area contributed by atoms with Gasteiger partial charge in [0.05, 0.1) is 5.69 Å². The van der Waals surface area contributed by atoms with Crippen molar-refractivity contribution >= 4 is 57.6 Å². The molecule has 1 saturated heterocycles. The van der Waals surface area contributed by atoms with Crippen molar-refractivity contribution in [1.29, 1.82) is 0 Å². The number of carbonyl (C=O) groups excluding carboxylic acids is 3. The maximum Gasteiger partial charge on any atom is 0.243 e. The first-order chi connectivity index (χ1) is 15.7. The van der Waals surface area contributed by atoms with E-state index in [0.29, 0.717) is 28.1 Å². The fourth-order valence-electron chi connectivity index (χ4n) is 3.34. The standard InChI is InChI=1S/C24H27ClN4O3S/c1-5-26-22(31)16(4)29-23(32)20(13-21(30)27-18-8-6-7-17(25)12-18)33-24(29)28-19-10-9-14(2)15(3)11-19/h6-12,16,20H,5,13H2,1-4H3,(H,26,31)(H,27,30). The number of halogens is 1. The molecule has 0 aromatic heterocycles. The number of nitrogens with one attached hydrogen (secondary N) is 2. The van der Waals surface area contributed by atoms with Crippen LogP contribution in [0.2, 0.25) is 5.02 Å². The number of hydrogen-bond acceptors (Lipinski definition) is 5. The Morgan fingerprint density at radius 3 is 2.61 bits per heavy atom. The summed E-state index contributed by atoms with van der Waals surface area (Å²) >= 11 is 7.18. The largest absolute Gasteiger partial charge is 0.355 e. The molecule has 9 heteroatoms. The lowest BCUT2D eigenvalue weighted by Crippen LogP contribution is -2.48. The Labute approximate surface area is 203 Å². The SMILES string of the molecule is CCNC(=O)C(C)N1C(=O)C(CC(=O)Nc2cccc(Cl)c2)SC1=Nc1ccc(C)c(C)c1. The summed E-state index contributed by atoms with van der Waals surface area (Å²) in [5.74, 6) is -0.910. The van der Waals surface area contributed by atoms with Crippen molar-refractivity contribution < 1.29 is 14.4 Å². The highest BCUT2D eigenvalue weighted by Gasteiger charge is 2.43. The Balaban J connectivity index is 1.84. The maximum absolute atomic E-state index is 13.3. The number of thioether (sulfide) groups is 1. The molecule has 0 saturated carbocycles. The van der Waals surface area contributed by atoms with Gasteiger partial charge < -0.3 is 10.6 Å². The number of amides is 3. The molecule has 1 fully saturated rings. The average molecular weight is 487 g/mol.